The first-order valence-electron chi connectivity index (χ1n) is 12.9. The van der Waals surface area contributed by atoms with E-state index in [0.717, 1.165) is 74.8 Å². The number of halogens is 1. The normalized spacial score (nSPS) is 12.2. The maximum atomic E-state index is 14.8. The highest BCUT2D eigenvalue weighted by Gasteiger charge is 2.18. The molecule has 4 heterocycles. The number of aryl methyl sites for hydroxylation is 1. The van der Waals surface area contributed by atoms with Gasteiger partial charge in [-0.05, 0) is 87.6 Å². The molecule has 5 rings (SSSR count). The van der Waals surface area contributed by atoms with Gasteiger partial charge in [0.15, 0.2) is 0 Å². The second kappa shape index (κ2) is 11.4. The van der Waals surface area contributed by atoms with Gasteiger partial charge in [-0.1, -0.05) is 18.2 Å². The van der Waals surface area contributed by atoms with E-state index in [4.69, 9.17) is 4.98 Å². The number of hydrogen-bond acceptors (Lipinski definition) is 5. The van der Waals surface area contributed by atoms with Gasteiger partial charge in [-0.15, -0.1) is 0 Å². The fourth-order valence-corrected chi connectivity index (χ4v) is 4.54. The van der Waals surface area contributed by atoms with Crippen molar-refractivity contribution >= 4 is 22.3 Å². The molecule has 0 saturated carbocycles. The second-order valence-electron chi connectivity index (χ2n) is 9.69. The third-order valence-electron chi connectivity index (χ3n) is 6.50. The summed E-state index contributed by atoms with van der Waals surface area (Å²) < 4.78 is 14.8. The van der Waals surface area contributed by atoms with Gasteiger partial charge in [0.25, 0.3) is 0 Å². The molecular formula is C31H32FN7. The molecule has 0 fully saturated rings. The van der Waals surface area contributed by atoms with Gasteiger partial charge in [-0.25, -0.2) is 9.37 Å². The number of pyridine rings is 2. The number of H-pyrrole nitrogens is 2. The highest BCUT2D eigenvalue weighted by molar-refractivity contribution is 5.92. The van der Waals surface area contributed by atoms with E-state index in [2.05, 4.69) is 36.4 Å². The third kappa shape index (κ3) is 5.81. The molecule has 0 aliphatic carbocycles. The molecule has 0 radical (unpaired) electrons. The van der Waals surface area contributed by atoms with Gasteiger partial charge in [0, 0.05) is 48.0 Å². The van der Waals surface area contributed by atoms with E-state index in [1.807, 2.05) is 76.5 Å². The fourth-order valence-electron chi connectivity index (χ4n) is 4.54. The van der Waals surface area contributed by atoms with Gasteiger partial charge >= 0.3 is 0 Å². The Kier molecular flexibility index (Phi) is 7.65. The average Bonchev–Trinajstić information content (AvgIpc) is 3.52. The van der Waals surface area contributed by atoms with Crippen LogP contribution in [0.3, 0.4) is 0 Å². The largest absolute Gasteiger partial charge is 0.384 e. The summed E-state index contributed by atoms with van der Waals surface area (Å²) in [6.07, 6.45) is 9.46. The van der Waals surface area contributed by atoms with Crippen LogP contribution in [0.2, 0.25) is 0 Å². The molecule has 8 heteroatoms. The summed E-state index contributed by atoms with van der Waals surface area (Å²) in [7, 11) is 4.03. The minimum Gasteiger partial charge on any atom is -0.384 e. The van der Waals surface area contributed by atoms with Crippen LogP contribution in [-0.4, -0.2) is 57.2 Å². The summed E-state index contributed by atoms with van der Waals surface area (Å²) in [5.74, 6) is -0.286. The summed E-state index contributed by atoms with van der Waals surface area (Å²) in [5, 5.41) is 11.0. The van der Waals surface area contributed by atoms with Crippen molar-refractivity contribution in [1.82, 2.24) is 30.0 Å². The molecule has 5 aromatic rings. The van der Waals surface area contributed by atoms with E-state index in [-0.39, 0.29) is 5.82 Å². The minimum absolute atomic E-state index is 0.286. The number of allylic oxidation sites excluding steroid dienone is 3. The topological polar surface area (TPSA) is 85.5 Å². The monoisotopic (exact) mass is 521 g/mol. The SMILES string of the molecule is C/C=C\C=C(\c1cc(F)cc(NCCN(C)C)c1)c1cc(-c2n[nH]c3ccc(-c4ccncc4)nc23)[nH]c1C. The molecule has 39 heavy (non-hydrogen) atoms. The minimum atomic E-state index is -0.286. The average molecular weight is 522 g/mol. The lowest BCUT2D eigenvalue weighted by Gasteiger charge is -2.14. The summed E-state index contributed by atoms with van der Waals surface area (Å²) >= 11 is 0. The number of likely N-dealkylation sites (N-methyl/N-ethyl adjacent to an activating group) is 1. The first-order chi connectivity index (χ1) is 18.9. The van der Waals surface area contributed by atoms with Crippen molar-refractivity contribution in [2.24, 2.45) is 0 Å². The molecule has 7 nitrogen and oxygen atoms in total. The number of aromatic nitrogens is 5. The van der Waals surface area contributed by atoms with Crippen LogP contribution in [0, 0.1) is 12.7 Å². The van der Waals surface area contributed by atoms with E-state index in [1.54, 1.807) is 18.5 Å². The molecule has 0 spiro atoms. The van der Waals surface area contributed by atoms with Crippen molar-refractivity contribution in [3.63, 3.8) is 0 Å². The molecule has 0 unspecified atom stereocenters. The van der Waals surface area contributed by atoms with Crippen molar-refractivity contribution < 1.29 is 4.39 Å². The zero-order valence-corrected chi connectivity index (χ0v) is 22.6. The smallest absolute Gasteiger partial charge is 0.135 e. The van der Waals surface area contributed by atoms with E-state index >= 15 is 0 Å². The Balaban J connectivity index is 1.54. The summed E-state index contributed by atoms with van der Waals surface area (Å²) in [6.45, 7) is 5.55. The van der Waals surface area contributed by atoms with Crippen molar-refractivity contribution in [3.8, 4) is 22.6 Å². The Bertz CT molecular complexity index is 1640. The summed E-state index contributed by atoms with van der Waals surface area (Å²) in [5.41, 5.74) is 9.38. The summed E-state index contributed by atoms with van der Waals surface area (Å²) in [6, 6.07) is 15.0. The number of benzene rings is 1. The van der Waals surface area contributed by atoms with Crippen molar-refractivity contribution in [2.75, 3.05) is 32.5 Å². The van der Waals surface area contributed by atoms with E-state index < -0.39 is 0 Å². The van der Waals surface area contributed by atoms with Crippen LogP contribution < -0.4 is 5.32 Å². The lowest BCUT2D eigenvalue weighted by molar-refractivity contribution is 0.425. The molecular weight excluding hydrogens is 489 g/mol. The Labute approximate surface area is 227 Å². The lowest BCUT2D eigenvalue weighted by Crippen LogP contribution is -2.20. The van der Waals surface area contributed by atoms with Crippen LogP contribution in [0.15, 0.2) is 79.2 Å². The predicted molar refractivity (Wildman–Crippen MR) is 157 cm³/mol. The Hall–Kier alpha value is -4.56. The Morgan fingerprint density at radius 2 is 1.90 bits per heavy atom. The van der Waals surface area contributed by atoms with Crippen molar-refractivity contribution in [1.29, 1.82) is 0 Å². The maximum absolute atomic E-state index is 14.8. The van der Waals surface area contributed by atoms with Gasteiger partial charge in [-0.2, -0.15) is 5.10 Å². The highest BCUT2D eigenvalue weighted by atomic mass is 19.1. The van der Waals surface area contributed by atoms with Crippen LogP contribution in [-0.2, 0) is 0 Å². The van der Waals surface area contributed by atoms with Crippen LogP contribution >= 0.6 is 0 Å². The third-order valence-corrected chi connectivity index (χ3v) is 6.50. The first kappa shape index (κ1) is 26.1. The summed E-state index contributed by atoms with van der Waals surface area (Å²) in [4.78, 5) is 14.6. The molecule has 0 aliphatic rings. The molecule has 4 aromatic heterocycles. The number of anilines is 1. The molecule has 0 aliphatic heterocycles. The van der Waals surface area contributed by atoms with Gasteiger partial charge in [-0.3, -0.25) is 10.1 Å². The molecule has 3 N–H and O–H groups in total. The zero-order chi connectivity index (χ0) is 27.4. The zero-order valence-electron chi connectivity index (χ0n) is 22.6. The number of aromatic amines is 2. The maximum Gasteiger partial charge on any atom is 0.135 e. The standard InChI is InChI=1S/C31H32FN7/c1-5-6-7-25(22-16-23(32)18-24(17-22)34-14-15-39(3)4)26-19-29(35-20(26)2)31-30-28(37-38-31)9-8-27(36-30)21-10-12-33-13-11-21/h5-13,16-19,34-35H,14-15H2,1-4H3,(H,37,38)/b6-5-,25-7-. The Morgan fingerprint density at radius 1 is 1.08 bits per heavy atom. The number of nitrogens with zero attached hydrogens (tertiary/aromatic N) is 4. The van der Waals surface area contributed by atoms with Crippen molar-refractivity contribution in [3.05, 3.63) is 102 Å². The molecule has 0 atom stereocenters. The number of rotatable bonds is 9. The number of hydrogen-bond donors (Lipinski definition) is 3. The van der Waals surface area contributed by atoms with Crippen LogP contribution in [0.1, 0.15) is 23.7 Å². The first-order valence-corrected chi connectivity index (χ1v) is 12.9. The predicted octanol–water partition coefficient (Wildman–Crippen LogP) is 6.44. The van der Waals surface area contributed by atoms with Crippen LogP contribution in [0.5, 0.6) is 0 Å². The van der Waals surface area contributed by atoms with E-state index in [1.165, 1.54) is 6.07 Å². The number of fused-ring (bicyclic) bond motifs is 1. The molecule has 1 aromatic carbocycles. The second-order valence-corrected chi connectivity index (χ2v) is 9.69. The molecule has 0 bridgehead atoms. The highest BCUT2D eigenvalue weighted by Crippen LogP contribution is 2.34. The molecule has 198 valence electrons. The van der Waals surface area contributed by atoms with Gasteiger partial charge < -0.3 is 15.2 Å². The van der Waals surface area contributed by atoms with Crippen LogP contribution in [0.25, 0.3) is 39.3 Å². The fraction of sp³-hybridized carbons (Fsp3) is 0.194. The van der Waals surface area contributed by atoms with E-state index in [9.17, 15) is 4.39 Å². The lowest BCUT2D eigenvalue weighted by atomic mass is 9.96. The Morgan fingerprint density at radius 3 is 2.67 bits per heavy atom. The van der Waals surface area contributed by atoms with Gasteiger partial charge in [0.05, 0.1) is 16.9 Å². The number of nitrogens with one attached hydrogen (secondary N) is 3. The van der Waals surface area contributed by atoms with Gasteiger partial charge in [0.1, 0.15) is 17.0 Å². The quantitative estimate of drug-likeness (QED) is 0.194. The van der Waals surface area contributed by atoms with E-state index in [0.29, 0.717) is 0 Å². The molecule has 0 saturated heterocycles. The van der Waals surface area contributed by atoms with Crippen molar-refractivity contribution in [2.45, 2.75) is 13.8 Å². The van der Waals surface area contributed by atoms with Gasteiger partial charge in [0.2, 0.25) is 0 Å². The molecule has 0 amide bonds. The van der Waals surface area contributed by atoms with Crippen LogP contribution in [0.4, 0.5) is 10.1 Å².